The summed E-state index contributed by atoms with van der Waals surface area (Å²) in [6, 6.07) is 0.753. The number of carbonyl (C=O) groups is 1. The quantitative estimate of drug-likeness (QED) is 0.724. The minimum atomic E-state index is 0.184. The van der Waals surface area contributed by atoms with Gasteiger partial charge in [-0.15, -0.1) is 0 Å². The molecule has 3 N–H and O–H groups in total. The molecule has 2 saturated heterocycles. The number of rotatable bonds is 4. The van der Waals surface area contributed by atoms with E-state index in [0.29, 0.717) is 17.1 Å². The normalized spacial score (nSPS) is 30.8. The molecule has 3 atom stereocenters. The maximum Gasteiger partial charge on any atom is 0.224 e. The van der Waals surface area contributed by atoms with Gasteiger partial charge in [0.1, 0.15) is 0 Å². The van der Waals surface area contributed by atoms with Crippen molar-refractivity contribution >= 4 is 23.1 Å². The molecule has 17 heavy (non-hydrogen) atoms. The van der Waals surface area contributed by atoms with Crippen LogP contribution in [0, 0.1) is 5.92 Å². The minimum absolute atomic E-state index is 0.184. The molecule has 0 saturated carbocycles. The van der Waals surface area contributed by atoms with E-state index < -0.39 is 0 Å². The molecule has 4 nitrogen and oxygen atoms in total. The Morgan fingerprint density at radius 3 is 3.12 bits per heavy atom. The van der Waals surface area contributed by atoms with E-state index in [1.54, 1.807) is 0 Å². The predicted octanol–water partition coefficient (Wildman–Crippen LogP) is 0.652. The third-order valence-corrected chi connectivity index (χ3v) is 4.19. The largest absolute Gasteiger partial charge is 0.393 e. The number of amides is 1. The van der Waals surface area contributed by atoms with Gasteiger partial charge in [-0.3, -0.25) is 9.69 Å². The van der Waals surface area contributed by atoms with Crippen LogP contribution < -0.4 is 11.1 Å². The Morgan fingerprint density at radius 2 is 2.47 bits per heavy atom. The van der Waals surface area contributed by atoms with E-state index >= 15 is 0 Å². The van der Waals surface area contributed by atoms with Crippen molar-refractivity contribution in [3.63, 3.8) is 0 Å². The number of hydrogen-bond acceptors (Lipinski definition) is 3. The van der Waals surface area contributed by atoms with Crippen molar-refractivity contribution < 1.29 is 4.79 Å². The summed E-state index contributed by atoms with van der Waals surface area (Å²) in [7, 11) is 0. The number of carbonyl (C=O) groups excluding carboxylic acids is 1. The van der Waals surface area contributed by atoms with Crippen molar-refractivity contribution in [2.24, 2.45) is 11.7 Å². The molecule has 5 heteroatoms. The van der Waals surface area contributed by atoms with Gasteiger partial charge in [-0.1, -0.05) is 19.1 Å². The lowest BCUT2D eigenvalue weighted by atomic mass is 9.89. The number of piperidine rings is 1. The van der Waals surface area contributed by atoms with E-state index in [0.717, 1.165) is 38.8 Å². The van der Waals surface area contributed by atoms with Gasteiger partial charge in [-0.25, -0.2) is 0 Å². The zero-order chi connectivity index (χ0) is 12.4. The number of nitrogens with one attached hydrogen (secondary N) is 1. The van der Waals surface area contributed by atoms with Crippen LogP contribution in [0.5, 0.6) is 0 Å². The zero-order valence-corrected chi connectivity index (χ0v) is 11.1. The first kappa shape index (κ1) is 12.8. The number of thiocarbonyl (C=S) groups is 1. The van der Waals surface area contributed by atoms with Crippen LogP contribution in [0.2, 0.25) is 0 Å². The second-order valence-corrected chi connectivity index (χ2v) is 5.56. The number of likely N-dealkylation sites (tertiary alicyclic amines) is 1. The summed E-state index contributed by atoms with van der Waals surface area (Å²) >= 11 is 5.02. The van der Waals surface area contributed by atoms with Crippen molar-refractivity contribution in [3.8, 4) is 0 Å². The Labute approximate surface area is 108 Å². The zero-order valence-electron chi connectivity index (χ0n) is 10.3. The van der Waals surface area contributed by atoms with Crippen molar-refractivity contribution in [2.45, 2.75) is 44.7 Å². The lowest BCUT2D eigenvalue weighted by Crippen LogP contribution is -2.51. The fourth-order valence-corrected chi connectivity index (χ4v) is 3.36. The standard InChI is InChI=1S/C12H21N3OS/c1-2-8(6-11(13)17)15-5-3-4-9-10(15)7-14-12(9)16/h8-10H,2-7H2,1H3,(H2,13,17)(H,14,16). The molecule has 2 rings (SSSR count). The lowest BCUT2D eigenvalue weighted by Gasteiger charge is -2.41. The van der Waals surface area contributed by atoms with Crippen LogP contribution in [0.15, 0.2) is 0 Å². The minimum Gasteiger partial charge on any atom is -0.393 e. The molecule has 2 aliphatic rings. The maximum atomic E-state index is 11.7. The first-order chi connectivity index (χ1) is 8.13. The Bertz CT molecular complexity index is 321. The molecular formula is C12H21N3OS. The number of nitrogens with zero attached hydrogens (tertiary/aromatic N) is 1. The molecule has 2 heterocycles. The molecule has 3 unspecified atom stereocenters. The molecule has 0 aromatic heterocycles. The summed E-state index contributed by atoms with van der Waals surface area (Å²) in [5.74, 6) is 0.411. The number of nitrogens with two attached hydrogens (primary N) is 1. The van der Waals surface area contributed by atoms with Crippen LogP contribution in [-0.4, -0.2) is 41.0 Å². The topological polar surface area (TPSA) is 58.4 Å². The Hall–Kier alpha value is -0.680. The number of fused-ring (bicyclic) bond motifs is 1. The second kappa shape index (κ2) is 5.31. The highest BCUT2D eigenvalue weighted by Gasteiger charge is 2.42. The summed E-state index contributed by atoms with van der Waals surface area (Å²) in [6.45, 7) is 4.02. The first-order valence-electron chi connectivity index (χ1n) is 6.45. The van der Waals surface area contributed by atoms with Gasteiger partial charge in [-0.2, -0.15) is 0 Å². The summed E-state index contributed by atoms with van der Waals surface area (Å²) in [4.78, 5) is 14.7. The molecule has 96 valence electrons. The molecule has 2 aliphatic heterocycles. The maximum absolute atomic E-state index is 11.7. The van der Waals surface area contributed by atoms with Crippen LogP contribution in [-0.2, 0) is 4.79 Å². The Kier molecular flexibility index (Phi) is 3.99. The van der Waals surface area contributed by atoms with Crippen LogP contribution in [0.25, 0.3) is 0 Å². The van der Waals surface area contributed by atoms with E-state index in [2.05, 4.69) is 17.1 Å². The molecule has 0 aromatic carbocycles. The van der Waals surface area contributed by atoms with E-state index in [4.69, 9.17) is 18.0 Å². The Balaban J connectivity index is 2.08. The van der Waals surface area contributed by atoms with Gasteiger partial charge >= 0.3 is 0 Å². The van der Waals surface area contributed by atoms with Gasteiger partial charge in [0.2, 0.25) is 5.91 Å². The SMILES string of the molecule is CCC(CC(N)=S)N1CCCC2C(=O)NCC21. The predicted molar refractivity (Wildman–Crippen MR) is 71.7 cm³/mol. The van der Waals surface area contributed by atoms with Gasteiger partial charge in [0.05, 0.1) is 10.9 Å². The lowest BCUT2D eigenvalue weighted by molar-refractivity contribution is -0.124. The molecule has 0 aromatic rings. The third-order valence-electron chi connectivity index (χ3n) is 4.02. The summed E-state index contributed by atoms with van der Waals surface area (Å²) < 4.78 is 0. The van der Waals surface area contributed by atoms with E-state index in [1.807, 2.05) is 0 Å². The highest BCUT2D eigenvalue weighted by molar-refractivity contribution is 7.80. The van der Waals surface area contributed by atoms with Crippen LogP contribution in [0.1, 0.15) is 32.6 Å². The second-order valence-electron chi connectivity index (χ2n) is 5.03. The van der Waals surface area contributed by atoms with Crippen molar-refractivity contribution in [1.82, 2.24) is 10.2 Å². The molecule has 0 radical (unpaired) electrons. The third kappa shape index (κ3) is 2.60. The van der Waals surface area contributed by atoms with E-state index in [1.165, 1.54) is 0 Å². The van der Waals surface area contributed by atoms with Crippen LogP contribution in [0.3, 0.4) is 0 Å². The molecule has 0 spiro atoms. The fraction of sp³-hybridized carbons (Fsp3) is 0.833. The molecular weight excluding hydrogens is 234 g/mol. The van der Waals surface area contributed by atoms with E-state index in [-0.39, 0.29) is 11.8 Å². The van der Waals surface area contributed by atoms with Gasteiger partial charge in [0.15, 0.2) is 0 Å². The monoisotopic (exact) mass is 255 g/mol. The summed E-state index contributed by atoms with van der Waals surface area (Å²) in [6.07, 6.45) is 3.93. The summed E-state index contributed by atoms with van der Waals surface area (Å²) in [5, 5.41) is 2.98. The fourth-order valence-electron chi connectivity index (χ4n) is 3.17. The van der Waals surface area contributed by atoms with Crippen molar-refractivity contribution in [1.29, 1.82) is 0 Å². The average Bonchev–Trinajstić information content (AvgIpc) is 2.68. The molecule has 1 amide bonds. The first-order valence-corrected chi connectivity index (χ1v) is 6.86. The van der Waals surface area contributed by atoms with Crippen LogP contribution >= 0.6 is 12.2 Å². The van der Waals surface area contributed by atoms with Gasteiger partial charge in [-0.05, 0) is 25.8 Å². The number of hydrogen-bond donors (Lipinski definition) is 2. The highest BCUT2D eigenvalue weighted by Crippen LogP contribution is 2.30. The molecule has 0 aliphatic carbocycles. The van der Waals surface area contributed by atoms with Crippen molar-refractivity contribution in [2.75, 3.05) is 13.1 Å². The molecule has 2 fully saturated rings. The average molecular weight is 255 g/mol. The van der Waals surface area contributed by atoms with Crippen LogP contribution in [0.4, 0.5) is 0 Å². The van der Waals surface area contributed by atoms with Gasteiger partial charge in [0, 0.05) is 25.0 Å². The summed E-state index contributed by atoms with van der Waals surface area (Å²) in [5.41, 5.74) is 5.66. The van der Waals surface area contributed by atoms with Gasteiger partial charge < -0.3 is 11.1 Å². The van der Waals surface area contributed by atoms with E-state index in [9.17, 15) is 4.79 Å². The molecule has 0 bridgehead atoms. The van der Waals surface area contributed by atoms with Gasteiger partial charge in [0.25, 0.3) is 0 Å². The smallest absolute Gasteiger partial charge is 0.224 e. The van der Waals surface area contributed by atoms with Crippen molar-refractivity contribution in [3.05, 3.63) is 0 Å². The Morgan fingerprint density at radius 1 is 1.71 bits per heavy atom. The highest BCUT2D eigenvalue weighted by atomic mass is 32.1.